The minimum atomic E-state index is -3.49. The van der Waals surface area contributed by atoms with Crippen LogP contribution in [0.1, 0.15) is 33.1 Å². The summed E-state index contributed by atoms with van der Waals surface area (Å²) in [5.41, 5.74) is 0. The Morgan fingerprint density at radius 3 is 2.40 bits per heavy atom. The number of aliphatic hydroxyl groups is 1. The van der Waals surface area contributed by atoms with Crippen molar-refractivity contribution in [3.05, 3.63) is 24.3 Å². The Hall–Kier alpha value is -1.11. The van der Waals surface area contributed by atoms with Crippen molar-refractivity contribution in [2.24, 2.45) is 0 Å². The molecule has 5 nitrogen and oxygen atoms in total. The van der Waals surface area contributed by atoms with Gasteiger partial charge in [-0.05, 0) is 37.1 Å². The van der Waals surface area contributed by atoms with Gasteiger partial charge < -0.3 is 9.84 Å². The summed E-state index contributed by atoms with van der Waals surface area (Å²) in [4.78, 5) is 0.225. The average Bonchev–Trinajstić information content (AvgIpc) is 2.45. The van der Waals surface area contributed by atoms with Crippen molar-refractivity contribution >= 4 is 10.0 Å². The van der Waals surface area contributed by atoms with Crippen molar-refractivity contribution in [2.45, 2.75) is 44.0 Å². The monoisotopic (exact) mass is 301 g/mol. The van der Waals surface area contributed by atoms with Gasteiger partial charge in [-0.2, -0.15) is 0 Å². The lowest BCUT2D eigenvalue weighted by molar-refractivity contribution is 0.201. The number of benzene rings is 1. The molecule has 1 aromatic rings. The molecule has 0 saturated carbocycles. The van der Waals surface area contributed by atoms with Crippen molar-refractivity contribution in [3.63, 3.8) is 0 Å². The molecule has 114 valence electrons. The third-order valence-electron chi connectivity index (χ3n) is 2.95. The van der Waals surface area contributed by atoms with Gasteiger partial charge in [0.05, 0.1) is 11.5 Å². The third-order valence-corrected chi connectivity index (χ3v) is 4.48. The number of sulfonamides is 1. The van der Waals surface area contributed by atoms with Crippen LogP contribution in [0.3, 0.4) is 0 Å². The van der Waals surface area contributed by atoms with Crippen LogP contribution in [-0.4, -0.2) is 32.8 Å². The SMILES string of the molecule is CCCC(CC)NS(=O)(=O)c1ccc(OCCO)cc1. The first kappa shape index (κ1) is 16.9. The molecule has 1 atom stereocenters. The molecular formula is C14H23NO4S. The van der Waals surface area contributed by atoms with Crippen molar-refractivity contribution in [3.8, 4) is 5.75 Å². The summed E-state index contributed by atoms with van der Waals surface area (Å²) in [5, 5.41) is 8.66. The van der Waals surface area contributed by atoms with Crippen LogP contribution in [0, 0.1) is 0 Å². The summed E-state index contributed by atoms with van der Waals surface area (Å²) < 4.78 is 32.3. The van der Waals surface area contributed by atoms with Gasteiger partial charge in [-0.15, -0.1) is 0 Å². The van der Waals surface area contributed by atoms with Gasteiger partial charge in [-0.1, -0.05) is 20.3 Å². The van der Waals surface area contributed by atoms with Gasteiger partial charge in [0.15, 0.2) is 0 Å². The summed E-state index contributed by atoms with van der Waals surface area (Å²) >= 11 is 0. The zero-order chi connectivity index (χ0) is 15.0. The minimum Gasteiger partial charge on any atom is -0.491 e. The van der Waals surface area contributed by atoms with E-state index in [-0.39, 0.29) is 24.2 Å². The molecule has 2 N–H and O–H groups in total. The largest absolute Gasteiger partial charge is 0.491 e. The molecule has 0 saturated heterocycles. The Balaban J connectivity index is 2.76. The van der Waals surface area contributed by atoms with Crippen molar-refractivity contribution < 1.29 is 18.3 Å². The van der Waals surface area contributed by atoms with Crippen molar-refractivity contribution in [1.82, 2.24) is 4.72 Å². The molecule has 6 heteroatoms. The lowest BCUT2D eigenvalue weighted by Gasteiger charge is -2.16. The predicted molar refractivity (Wildman–Crippen MR) is 78.3 cm³/mol. The number of nitrogens with one attached hydrogen (secondary N) is 1. The molecular weight excluding hydrogens is 278 g/mol. The molecule has 0 heterocycles. The first-order valence-corrected chi connectivity index (χ1v) is 8.37. The molecule has 0 amide bonds. The second-order valence-electron chi connectivity index (χ2n) is 4.56. The quantitative estimate of drug-likeness (QED) is 0.730. The molecule has 0 aliphatic rings. The number of rotatable bonds is 9. The van der Waals surface area contributed by atoms with E-state index in [1.807, 2.05) is 13.8 Å². The van der Waals surface area contributed by atoms with Gasteiger partial charge in [0.1, 0.15) is 12.4 Å². The van der Waals surface area contributed by atoms with Gasteiger partial charge in [-0.25, -0.2) is 13.1 Å². The van der Waals surface area contributed by atoms with E-state index in [0.29, 0.717) is 5.75 Å². The molecule has 0 radical (unpaired) electrons. The Labute approximate surface area is 121 Å². The average molecular weight is 301 g/mol. The van der Waals surface area contributed by atoms with E-state index >= 15 is 0 Å². The molecule has 1 unspecified atom stereocenters. The summed E-state index contributed by atoms with van der Waals surface area (Å²) in [6.07, 6.45) is 2.53. The van der Waals surface area contributed by atoms with E-state index in [1.165, 1.54) is 12.1 Å². The summed E-state index contributed by atoms with van der Waals surface area (Å²) in [5.74, 6) is 0.540. The second-order valence-corrected chi connectivity index (χ2v) is 6.27. The Kier molecular flexibility index (Phi) is 6.98. The van der Waals surface area contributed by atoms with Crippen LogP contribution in [0.5, 0.6) is 5.75 Å². The highest BCUT2D eigenvalue weighted by Gasteiger charge is 2.18. The molecule has 0 fully saturated rings. The highest BCUT2D eigenvalue weighted by molar-refractivity contribution is 7.89. The zero-order valence-electron chi connectivity index (χ0n) is 12.0. The first-order chi connectivity index (χ1) is 9.53. The summed E-state index contributed by atoms with van der Waals surface area (Å²) in [6, 6.07) is 6.16. The maximum atomic E-state index is 12.2. The maximum Gasteiger partial charge on any atom is 0.240 e. The van der Waals surface area contributed by atoms with E-state index in [2.05, 4.69) is 4.72 Å². The number of hydrogen-bond donors (Lipinski definition) is 2. The fourth-order valence-electron chi connectivity index (χ4n) is 1.86. The fourth-order valence-corrected chi connectivity index (χ4v) is 3.21. The number of ether oxygens (including phenoxy) is 1. The standard InChI is InChI=1S/C14H23NO4S/c1-3-5-12(4-2)15-20(17,18)14-8-6-13(7-9-14)19-11-10-16/h6-9,12,15-16H,3-5,10-11H2,1-2H3. The smallest absolute Gasteiger partial charge is 0.240 e. The highest BCUT2D eigenvalue weighted by atomic mass is 32.2. The van der Waals surface area contributed by atoms with Gasteiger partial charge in [-0.3, -0.25) is 0 Å². The maximum absolute atomic E-state index is 12.2. The minimum absolute atomic E-state index is 0.0321. The normalized spacial score (nSPS) is 13.2. The summed E-state index contributed by atoms with van der Waals surface area (Å²) in [6.45, 7) is 4.12. The molecule has 0 spiro atoms. The van der Waals surface area contributed by atoms with Gasteiger partial charge in [0.25, 0.3) is 0 Å². The zero-order valence-corrected chi connectivity index (χ0v) is 12.8. The number of aliphatic hydroxyl groups excluding tert-OH is 1. The Bertz CT molecular complexity index is 484. The van der Waals surface area contributed by atoms with Crippen LogP contribution < -0.4 is 9.46 Å². The Morgan fingerprint density at radius 1 is 1.25 bits per heavy atom. The van der Waals surface area contributed by atoms with Crippen molar-refractivity contribution in [2.75, 3.05) is 13.2 Å². The molecule has 0 bridgehead atoms. The van der Waals surface area contributed by atoms with Gasteiger partial charge >= 0.3 is 0 Å². The Morgan fingerprint density at radius 2 is 1.90 bits per heavy atom. The lowest BCUT2D eigenvalue weighted by Crippen LogP contribution is -2.34. The second kappa shape index (κ2) is 8.24. The van der Waals surface area contributed by atoms with E-state index in [1.54, 1.807) is 12.1 Å². The molecule has 1 rings (SSSR count). The van der Waals surface area contributed by atoms with Crippen molar-refractivity contribution in [1.29, 1.82) is 0 Å². The molecule has 0 aromatic heterocycles. The summed E-state index contributed by atoms with van der Waals surface area (Å²) in [7, 11) is -3.49. The van der Waals surface area contributed by atoms with Crippen LogP contribution in [0.25, 0.3) is 0 Å². The van der Waals surface area contributed by atoms with E-state index in [9.17, 15) is 8.42 Å². The fraction of sp³-hybridized carbons (Fsp3) is 0.571. The topological polar surface area (TPSA) is 75.6 Å². The van der Waals surface area contributed by atoms with Crippen LogP contribution in [-0.2, 0) is 10.0 Å². The third kappa shape index (κ3) is 5.11. The molecule has 1 aromatic carbocycles. The predicted octanol–water partition coefficient (Wildman–Crippen LogP) is 1.91. The van der Waals surface area contributed by atoms with Crippen LogP contribution in [0.2, 0.25) is 0 Å². The van der Waals surface area contributed by atoms with Gasteiger partial charge in [0.2, 0.25) is 10.0 Å². The van der Waals surface area contributed by atoms with Gasteiger partial charge in [0, 0.05) is 6.04 Å². The number of hydrogen-bond acceptors (Lipinski definition) is 4. The first-order valence-electron chi connectivity index (χ1n) is 6.89. The van der Waals surface area contributed by atoms with E-state index in [0.717, 1.165) is 19.3 Å². The van der Waals surface area contributed by atoms with Crippen LogP contribution >= 0.6 is 0 Å². The molecule has 0 aliphatic carbocycles. The van der Waals surface area contributed by atoms with E-state index < -0.39 is 10.0 Å². The van der Waals surface area contributed by atoms with Crippen LogP contribution in [0.4, 0.5) is 0 Å². The molecule has 20 heavy (non-hydrogen) atoms. The molecule has 0 aliphatic heterocycles. The van der Waals surface area contributed by atoms with Crippen LogP contribution in [0.15, 0.2) is 29.2 Å². The lowest BCUT2D eigenvalue weighted by atomic mass is 10.1. The highest BCUT2D eigenvalue weighted by Crippen LogP contribution is 2.17. The van der Waals surface area contributed by atoms with E-state index in [4.69, 9.17) is 9.84 Å².